The first-order chi connectivity index (χ1) is 14.1. The number of hydrogen-bond donors (Lipinski definition) is 2. The van der Waals surface area contributed by atoms with Crippen LogP contribution in [0.1, 0.15) is 11.3 Å². The van der Waals surface area contributed by atoms with E-state index in [1.807, 2.05) is 53.1 Å². The van der Waals surface area contributed by atoms with E-state index in [4.69, 9.17) is 44.8 Å². The zero-order valence-corrected chi connectivity index (χ0v) is 17.2. The fraction of sp³-hybridized carbons (Fsp3) is 0.0476. The van der Waals surface area contributed by atoms with E-state index in [2.05, 4.69) is 10.9 Å². The minimum absolute atomic E-state index is 0.563. The number of amidine groups is 1. The minimum atomic E-state index is 0.563. The zero-order chi connectivity index (χ0) is 20.0. The van der Waals surface area contributed by atoms with Gasteiger partial charge in [0.2, 0.25) is 0 Å². The smallest absolute Gasteiger partial charge is 0.167 e. The van der Waals surface area contributed by atoms with E-state index >= 15 is 0 Å². The third-order valence-electron chi connectivity index (χ3n) is 4.70. The van der Waals surface area contributed by atoms with E-state index in [9.17, 15) is 0 Å². The molecule has 0 amide bonds. The second kappa shape index (κ2) is 7.35. The highest BCUT2D eigenvalue weighted by Crippen LogP contribution is 2.34. The molecule has 29 heavy (non-hydrogen) atoms. The molecular formula is C21H14Cl3N5. The summed E-state index contributed by atoms with van der Waals surface area (Å²) >= 11 is 18.9. The van der Waals surface area contributed by atoms with E-state index in [1.54, 1.807) is 12.1 Å². The third-order valence-corrected chi connectivity index (χ3v) is 5.50. The summed E-state index contributed by atoms with van der Waals surface area (Å²) in [5.74, 6) is 0.621. The number of nitrogens with zero attached hydrogens (tertiary/aromatic N) is 3. The number of imidazole rings is 1. The van der Waals surface area contributed by atoms with Crippen molar-refractivity contribution >= 4 is 52.0 Å². The zero-order valence-electron chi connectivity index (χ0n) is 15.0. The van der Waals surface area contributed by atoms with E-state index in [0.29, 0.717) is 33.1 Å². The number of aliphatic imine (C=N–C) groups is 1. The Morgan fingerprint density at radius 1 is 0.931 bits per heavy atom. The Labute approximate surface area is 181 Å². The van der Waals surface area contributed by atoms with Gasteiger partial charge in [0.25, 0.3) is 0 Å². The normalized spacial score (nSPS) is 13.6. The molecule has 3 heterocycles. The number of rotatable bonds is 2. The van der Waals surface area contributed by atoms with Crippen molar-refractivity contribution in [2.45, 2.75) is 6.54 Å². The summed E-state index contributed by atoms with van der Waals surface area (Å²) in [4.78, 5) is 9.67. The van der Waals surface area contributed by atoms with Gasteiger partial charge in [-0.25, -0.2) is 15.4 Å². The van der Waals surface area contributed by atoms with E-state index < -0.39 is 0 Å². The van der Waals surface area contributed by atoms with Crippen molar-refractivity contribution in [1.82, 2.24) is 20.2 Å². The lowest BCUT2D eigenvalue weighted by Crippen LogP contribution is -2.37. The Balaban J connectivity index is 1.78. The van der Waals surface area contributed by atoms with Crippen molar-refractivity contribution < 1.29 is 0 Å². The SMILES string of the molecule is Clc1ccc2c(c1)CNNC(c1c(-c3cc(Cl)ccc3Cl)nc3ccccn13)=N2. The minimum Gasteiger partial charge on any atom is -0.304 e. The standard InChI is InChI=1S/C21H14Cl3N5/c22-13-5-7-17-12(9-13)11-25-28-21(26-17)20-19(15-10-14(23)4-6-16(15)24)27-18-3-1-2-8-29(18)20/h1-10,25H,11H2,(H,26,28). The van der Waals surface area contributed by atoms with Crippen LogP contribution in [-0.2, 0) is 6.54 Å². The molecule has 2 aromatic heterocycles. The lowest BCUT2D eigenvalue weighted by atomic mass is 10.1. The number of hydrogen-bond acceptors (Lipinski definition) is 4. The number of aromatic nitrogens is 2. The van der Waals surface area contributed by atoms with Gasteiger partial charge in [0.05, 0.1) is 10.7 Å². The van der Waals surface area contributed by atoms with Gasteiger partial charge >= 0.3 is 0 Å². The quantitative estimate of drug-likeness (QED) is 0.422. The van der Waals surface area contributed by atoms with Crippen LogP contribution >= 0.6 is 34.8 Å². The first kappa shape index (κ1) is 18.5. The monoisotopic (exact) mass is 441 g/mol. The van der Waals surface area contributed by atoms with Crippen LogP contribution in [-0.4, -0.2) is 15.2 Å². The topological polar surface area (TPSA) is 53.7 Å². The number of nitrogens with one attached hydrogen (secondary N) is 2. The Hall–Kier alpha value is -2.57. The van der Waals surface area contributed by atoms with Gasteiger partial charge in [-0.2, -0.15) is 0 Å². The van der Waals surface area contributed by atoms with Gasteiger partial charge in [-0.1, -0.05) is 40.9 Å². The highest BCUT2D eigenvalue weighted by atomic mass is 35.5. The second-order valence-electron chi connectivity index (χ2n) is 6.57. The molecule has 0 bridgehead atoms. The lowest BCUT2D eigenvalue weighted by Gasteiger charge is -2.11. The summed E-state index contributed by atoms with van der Waals surface area (Å²) in [6, 6.07) is 16.8. The highest BCUT2D eigenvalue weighted by molar-refractivity contribution is 6.35. The fourth-order valence-corrected chi connectivity index (χ4v) is 3.95. The molecule has 0 atom stereocenters. The van der Waals surface area contributed by atoms with Gasteiger partial charge < -0.3 is 5.43 Å². The van der Waals surface area contributed by atoms with Crippen molar-refractivity contribution in [1.29, 1.82) is 0 Å². The molecule has 2 N–H and O–H groups in total. The van der Waals surface area contributed by atoms with Crippen molar-refractivity contribution in [3.05, 3.63) is 87.1 Å². The summed E-state index contributed by atoms with van der Waals surface area (Å²) in [7, 11) is 0. The summed E-state index contributed by atoms with van der Waals surface area (Å²) in [6.07, 6.45) is 1.94. The first-order valence-electron chi connectivity index (χ1n) is 8.89. The highest BCUT2D eigenvalue weighted by Gasteiger charge is 2.22. The maximum atomic E-state index is 6.50. The number of halogens is 3. The first-order valence-corrected chi connectivity index (χ1v) is 10.0. The van der Waals surface area contributed by atoms with Gasteiger partial charge in [0.1, 0.15) is 17.0 Å². The third kappa shape index (κ3) is 3.36. The van der Waals surface area contributed by atoms with Crippen LogP contribution in [0.2, 0.25) is 15.1 Å². The average Bonchev–Trinajstić information content (AvgIpc) is 2.97. The fourth-order valence-electron chi connectivity index (χ4n) is 3.38. The summed E-state index contributed by atoms with van der Waals surface area (Å²) in [5.41, 5.74) is 11.2. The predicted octanol–water partition coefficient (Wildman–Crippen LogP) is 5.65. The van der Waals surface area contributed by atoms with Crippen molar-refractivity contribution in [3.63, 3.8) is 0 Å². The van der Waals surface area contributed by atoms with E-state index in [-0.39, 0.29) is 0 Å². The summed E-state index contributed by atoms with van der Waals surface area (Å²) in [6.45, 7) is 0.576. The number of pyridine rings is 1. The van der Waals surface area contributed by atoms with Crippen molar-refractivity contribution in [2.75, 3.05) is 0 Å². The maximum Gasteiger partial charge on any atom is 0.167 e. The average molecular weight is 443 g/mol. The molecule has 0 unspecified atom stereocenters. The van der Waals surface area contributed by atoms with Gasteiger partial charge in [0, 0.05) is 28.4 Å². The van der Waals surface area contributed by atoms with Crippen molar-refractivity contribution in [2.24, 2.45) is 4.99 Å². The van der Waals surface area contributed by atoms with E-state index in [1.165, 1.54) is 0 Å². The summed E-state index contributed by atoms with van der Waals surface area (Å²) < 4.78 is 1.97. The molecular weight excluding hydrogens is 429 g/mol. The Kier molecular flexibility index (Phi) is 4.68. The van der Waals surface area contributed by atoms with Crippen LogP contribution < -0.4 is 10.9 Å². The Morgan fingerprint density at radius 3 is 2.66 bits per heavy atom. The van der Waals surface area contributed by atoms with Gasteiger partial charge in [-0.15, -0.1) is 0 Å². The molecule has 4 aromatic rings. The summed E-state index contributed by atoms with van der Waals surface area (Å²) in [5, 5.41) is 1.82. The van der Waals surface area contributed by atoms with Gasteiger partial charge in [-0.05, 0) is 54.1 Å². The van der Waals surface area contributed by atoms with E-state index in [0.717, 1.165) is 28.2 Å². The molecule has 0 saturated carbocycles. The molecule has 8 heteroatoms. The lowest BCUT2D eigenvalue weighted by molar-refractivity contribution is 0.660. The molecule has 2 aromatic carbocycles. The van der Waals surface area contributed by atoms with Gasteiger partial charge in [0.15, 0.2) is 5.84 Å². The number of benzene rings is 2. The van der Waals surface area contributed by atoms with Gasteiger partial charge in [-0.3, -0.25) is 4.40 Å². The number of hydrazine groups is 1. The largest absolute Gasteiger partial charge is 0.304 e. The van der Waals surface area contributed by atoms with Crippen molar-refractivity contribution in [3.8, 4) is 11.3 Å². The molecule has 0 spiro atoms. The molecule has 1 aliphatic rings. The Morgan fingerprint density at radius 2 is 1.76 bits per heavy atom. The number of fused-ring (bicyclic) bond motifs is 2. The molecule has 0 aliphatic carbocycles. The van der Waals surface area contributed by atoms with Crippen LogP contribution in [0, 0.1) is 0 Å². The second-order valence-corrected chi connectivity index (χ2v) is 7.85. The van der Waals surface area contributed by atoms with Crippen LogP contribution in [0.3, 0.4) is 0 Å². The van der Waals surface area contributed by atoms with Crippen LogP contribution in [0.15, 0.2) is 65.8 Å². The molecule has 5 nitrogen and oxygen atoms in total. The molecule has 1 aliphatic heterocycles. The molecule has 144 valence electrons. The molecule has 0 fully saturated rings. The van der Waals surface area contributed by atoms with Crippen LogP contribution in [0.25, 0.3) is 16.9 Å². The maximum absolute atomic E-state index is 6.50. The predicted molar refractivity (Wildman–Crippen MR) is 118 cm³/mol. The Bertz CT molecular complexity index is 1280. The molecule has 0 radical (unpaired) electrons. The molecule has 0 saturated heterocycles. The van der Waals surface area contributed by atoms with Crippen LogP contribution in [0.4, 0.5) is 5.69 Å². The van der Waals surface area contributed by atoms with Crippen LogP contribution in [0.5, 0.6) is 0 Å². The molecule has 5 rings (SSSR count).